The van der Waals surface area contributed by atoms with Gasteiger partial charge >= 0.3 is 0 Å². The lowest BCUT2D eigenvalue weighted by atomic mass is 10.1. The number of rotatable bonds is 4. The summed E-state index contributed by atoms with van der Waals surface area (Å²) in [6.07, 6.45) is 4.44. The predicted octanol–water partition coefficient (Wildman–Crippen LogP) is 3.06. The van der Waals surface area contributed by atoms with Crippen molar-refractivity contribution in [3.05, 3.63) is 30.2 Å². The van der Waals surface area contributed by atoms with E-state index >= 15 is 0 Å². The van der Waals surface area contributed by atoms with E-state index in [0.29, 0.717) is 11.9 Å². The summed E-state index contributed by atoms with van der Waals surface area (Å²) in [4.78, 5) is 7.21. The van der Waals surface area contributed by atoms with Crippen LogP contribution in [0.4, 0.5) is 0 Å². The lowest BCUT2D eigenvalue weighted by Gasteiger charge is -2.33. The number of nitrogens with zero attached hydrogens (tertiary/aromatic N) is 3. The van der Waals surface area contributed by atoms with E-state index in [9.17, 15) is 0 Å². The number of ether oxygens (including phenoxy) is 2. The molecular formula is C18H23N3O3. The van der Waals surface area contributed by atoms with Gasteiger partial charge in [0, 0.05) is 24.8 Å². The molecule has 0 saturated carbocycles. The molecule has 128 valence electrons. The van der Waals surface area contributed by atoms with Gasteiger partial charge in [-0.15, -0.1) is 0 Å². The van der Waals surface area contributed by atoms with Crippen LogP contribution in [-0.4, -0.2) is 48.0 Å². The Labute approximate surface area is 141 Å². The minimum atomic E-state index is 0.236. The first-order chi connectivity index (χ1) is 11.8. The van der Waals surface area contributed by atoms with E-state index in [1.165, 1.54) is 6.42 Å². The fourth-order valence-electron chi connectivity index (χ4n) is 3.76. The van der Waals surface area contributed by atoms with Crippen molar-refractivity contribution in [3.63, 3.8) is 0 Å². The van der Waals surface area contributed by atoms with Gasteiger partial charge in [0.1, 0.15) is 5.75 Å². The lowest BCUT2D eigenvalue weighted by molar-refractivity contribution is 0.0243. The molecule has 0 N–H and O–H groups in total. The average Bonchev–Trinajstić information content (AvgIpc) is 3.31. The fraction of sp³-hybridized carbons (Fsp3) is 0.556. The molecule has 0 amide bonds. The van der Waals surface area contributed by atoms with Crippen molar-refractivity contribution < 1.29 is 14.0 Å². The Morgan fingerprint density at radius 1 is 1.21 bits per heavy atom. The molecule has 0 bridgehead atoms. The minimum absolute atomic E-state index is 0.236. The van der Waals surface area contributed by atoms with Gasteiger partial charge < -0.3 is 14.0 Å². The third-order valence-corrected chi connectivity index (χ3v) is 5.01. The summed E-state index contributed by atoms with van der Waals surface area (Å²) in [6.45, 7) is 2.81. The van der Waals surface area contributed by atoms with Crippen LogP contribution in [0.1, 0.15) is 37.6 Å². The number of benzene rings is 1. The molecule has 6 nitrogen and oxygen atoms in total. The van der Waals surface area contributed by atoms with E-state index in [2.05, 4.69) is 15.0 Å². The van der Waals surface area contributed by atoms with Gasteiger partial charge in [-0.2, -0.15) is 4.98 Å². The van der Waals surface area contributed by atoms with Crippen LogP contribution in [-0.2, 0) is 4.74 Å². The van der Waals surface area contributed by atoms with Crippen LogP contribution in [0.5, 0.6) is 5.75 Å². The number of methoxy groups -OCH3 is 1. The first-order valence-corrected chi connectivity index (χ1v) is 8.66. The highest BCUT2D eigenvalue weighted by molar-refractivity contribution is 5.56. The largest absolute Gasteiger partial charge is 0.497 e. The summed E-state index contributed by atoms with van der Waals surface area (Å²) >= 11 is 0. The summed E-state index contributed by atoms with van der Waals surface area (Å²) in [5, 5.41) is 4.19. The van der Waals surface area contributed by atoms with Crippen molar-refractivity contribution >= 4 is 0 Å². The number of aromatic nitrogens is 2. The maximum atomic E-state index is 5.62. The molecule has 1 atom stereocenters. The smallest absolute Gasteiger partial charge is 0.244 e. The molecule has 6 heteroatoms. The fourth-order valence-corrected chi connectivity index (χ4v) is 3.76. The molecule has 2 saturated heterocycles. The third kappa shape index (κ3) is 3.03. The predicted molar refractivity (Wildman–Crippen MR) is 88.8 cm³/mol. The summed E-state index contributed by atoms with van der Waals surface area (Å²) in [6, 6.07) is 8.56. The highest BCUT2D eigenvalue weighted by Crippen LogP contribution is 2.36. The van der Waals surface area contributed by atoms with E-state index in [1.54, 1.807) is 7.11 Å². The van der Waals surface area contributed by atoms with Gasteiger partial charge in [-0.25, -0.2) is 0 Å². The third-order valence-electron chi connectivity index (χ3n) is 5.01. The Balaban J connectivity index is 1.55. The van der Waals surface area contributed by atoms with E-state index in [1.807, 2.05) is 24.3 Å². The van der Waals surface area contributed by atoms with E-state index < -0.39 is 0 Å². The highest BCUT2D eigenvalue weighted by Gasteiger charge is 2.36. The summed E-state index contributed by atoms with van der Waals surface area (Å²) in [7, 11) is 1.66. The Morgan fingerprint density at radius 3 is 2.92 bits per heavy atom. The van der Waals surface area contributed by atoms with Crippen LogP contribution in [0.3, 0.4) is 0 Å². The first-order valence-electron chi connectivity index (χ1n) is 8.66. The summed E-state index contributed by atoms with van der Waals surface area (Å²) < 4.78 is 16.4. The minimum Gasteiger partial charge on any atom is -0.497 e. The molecule has 2 aliphatic heterocycles. The molecule has 2 fully saturated rings. The summed E-state index contributed by atoms with van der Waals surface area (Å²) in [5.74, 6) is 2.16. The monoisotopic (exact) mass is 329 g/mol. The Kier molecular flexibility index (Phi) is 4.49. The second-order valence-electron chi connectivity index (χ2n) is 6.43. The van der Waals surface area contributed by atoms with E-state index in [0.717, 1.165) is 56.2 Å². The van der Waals surface area contributed by atoms with Gasteiger partial charge in [0.15, 0.2) is 0 Å². The van der Waals surface area contributed by atoms with Crippen LogP contribution in [0, 0.1) is 0 Å². The van der Waals surface area contributed by atoms with Gasteiger partial charge in [0.2, 0.25) is 11.7 Å². The van der Waals surface area contributed by atoms with Gasteiger partial charge in [0.05, 0.1) is 13.2 Å². The van der Waals surface area contributed by atoms with Gasteiger partial charge in [-0.05, 0) is 44.4 Å². The van der Waals surface area contributed by atoms with Crippen molar-refractivity contribution in [1.29, 1.82) is 0 Å². The lowest BCUT2D eigenvalue weighted by Crippen LogP contribution is -2.39. The quantitative estimate of drug-likeness (QED) is 0.859. The topological polar surface area (TPSA) is 60.6 Å². The maximum absolute atomic E-state index is 5.62. The van der Waals surface area contributed by atoms with Crippen LogP contribution in [0.2, 0.25) is 0 Å². The Bertz CT molecular complexity index is 682. The average molecular weight is 329 g/mol. The molecule has 0 aliphatic carbocycles. The second kappa shape index (κ2) is 6.91. The van der Waals surface area contributed by atoms with Crippen LogP contribution in [0.25, 0.3) is 11.4 Å². The zero-order chi connectivity index (χ0) is 16.4. The SMILES string of the molecule is COc1cccc(-c2noc([C@H]3CCCN3C3CCOCC3)n2)c1. The Morgan fingerprint density at radius 2 is 2.08 bits per heavy atom. The summed E-state index contributed by atoms with van der Waals surface area (Å²) in [5.41, 5.74) is 0.917. The Hall–Kier alpha value is -1.92. The van der Waals surface area contributed by atoms with Gasteiger partial charge in [-0.3, -0.25) is 4.90 Å². The zero-order valence-electron chi connectivity index (χ0n) is 14.0. The molecule has 2 aromatic rings. The van der Waals surface area contributed by atoms with Crippen molar-refractivity contribution in [1.82, 2.24) is 15.0 Å². The molecule has 0 unspecified atom stereocenters. The van der Waals surface area contributed by atoms with Crippen molar-refractivity contribution in [2.45, 2.75) is 37.8 Å². The van der Waals surface area contributed by atoms with E-state index in [4.69, 9.17) is 14.0 Å². The molecule has 24 heavy (non-hydrogen) atoms. The van der Waals surface area contributed by atoms with Crippen molar-refractivity contribution in [2.24, 2.45) is 0 Å². The number of hydrogen-bond acceptors (Lipinski definition) is 6. The highest BCUT2D eigenvalue weighted by atomic mass is 16.5. The molecule has 3 heterocycles. The van der Waals surface area contributed by atoms with Gasteiger partial charge in [-0.1, -0.05) is 17.3 Å². The number of hydrogen-bond donors (Lipinski definition) is 0. The van der Waals surface area contributed by atoms with Gasteiger partial charge in [0.25, 0.3) is 0 Å². The van der Waals surface area contributed by atoms with Crippen LogP contribution >= 0.6 is 0 Å². The van der Waals surface area contributed by atoms with E-state index in [-0.39, 0.29) is 6.04 Å². The standard InChI is InChI=1S/C18H23N3O3/c1-22-15-5-2-4-13(12-15)17-19-18(24-20-17)16-6-3-9-21(16)14-7-10-23-11-8-14/h2,4-5,12,14,16H,3,6-11H2,1H3/t16-/m1/s1. The maximum Gasteiger partial charge on any atom is 0.244 e. The van der Waals surface area contributed by atoms with Crippen LogP contribution in [0.15, 0.2) is 28.8 Å². The molecule has 1 aromatic heterocycles. The van der Waals surface area contributed by atoms with Crippen molar-refractivity contribution in [2.75, 3.05) is 26.9 Å². The normalized spacial score (nSPS) is 22.8. The molecule has 4 rings (SSSR count). The number of likely N-dealkylation sites (tertiary alicyclic amines) is 1. The van der Waals surface area contributed by atoms with Crippen molar-refractivity contribution in [3.8, 4) is 17.1 Å². The molecule has 2 aliphatic rings. The first kappa shape index (κ1) is 15.6. The van der Waals surface area contributed by atoms with Crippen LogP contribution < -0.4 is 4.74 Å². The molecule has 0 radical (unpaired) electrons. The molecule has 1 aromatic carbocycles. The molecular weight excluding hydrogens is 306 g/mol. The zero-order valence-corrected chi connectivity index (χ0v) is 14.0. The second-order valence-corrected chi connectivity index (χ2v) is 6.43. The molecule has 0 spiro atoms.